The molecule has 0 bridgehead atoms. The first-order chi connectivity index (χ1) is 11.8. The standard InChI is InChI=1S/C20H25N3O.ClH/c1-15-13-21-9-6-19(15)24-18-7-11-23(12-8-18)14-17-4-2-3-16-5-10-22-20(16)17;/h2-4,6,9,13,18,22H,5,7-8,10-12,14H2,1H3;1H. The van der Waals surface area contributed by atoms with Crippen molar-refractivity contribution in [2.24, 2.45) is 0 Å². The highest BCUT2D eigenvalue weighted by Gasteiger charge is 2.22. The number of benzene rings is 1. The van der Waals surface area contributed by atoms with Gasteiger partial charge in [-0.2, -0.15) is 0 Å². The Hall–Kier alpha value is -1.78. The Morgan fingerprint density at radius 2 is 2.08 bits per heavy atom. The summed E-state index contributed by atoms with van der Waals surface area (Å²) in [5.74, 6) is 0.980. The number of halogens is 1. The number of fused-ring (bicyclic) bond motifs is 1. The largest absolute Gasteiger partial charge is 0.490 e. The van der Waals surface area contributed by atoms with Crippen LogP contribution in [0.15, 0.2) is 36.7 Å². The minimum absolute atomic E-state index is 0. The third kappa shape index (κ3) is 4.07. The normalized spacial score (nSPS) is 17.5. The van der Waals surface area contributed by atoms with Gasteiger partial charge in [0.05, 0.1) is 0 Å². The van der Waals surface area contributed by atoms with E-state index in [1.165, 1.54) is 16.8 Å². The van der Waals surface area contributed by atoms with Crippen molar-refractivity contribution in [2.75, 3.05) is 25.0 Å². The van der Waals surface area contributed by atoms with Crippen LogP contribution in [0.3, 0.4) is 0 Å². The van der Waals surface area contributed by atoms with E-state index in [1.807, 2.05) is 12.3 Å². The Kier molecular flexibility index (Phi) is 5.82. The number of pyridine rings is 1. The van der Waals surface area contributed by atoms with E-state index in [-0.39, 0.29) is 12.4 Å². The summed E-state index contributed by atoms with van der Waals surface area (Å²) in [6.07, 6.45) is 7.33. The average Bonchev–Trinajstić information content (AvgIpc) is 3.08. The van der Waals surface area contributed by atoms with E-state index in [4.69, 9.17) is 4.74 Å². The molecule has 0 saturated carbocycles. The fourth-order valence-electron chi connectivity index (χ4n) is 3.74. The van der Waals surface area contributed by atoms with Crippen molar-refractivity contribution in [3.63, 3.8) is 0 Å². The van der Waals surface area contributed by atoms with E-state index in [9.17, 15) is 0 Å². The summed E-state index contributed by atoms with van der Waals surface area (Å²) in [6, 6.07) is 8.68. The summed E-state index contributed by atoms with van der Waals surface area (Å²) in [5.41, 5.74) is 5.40. The molecule has 4 nitrogen and oxygen atoms in total. The minimum atomic E-state index is 0. The zero-order chi connectivity index (χ0) is 16.4. The molecule has 1 aromatic carbocycles. The van der Waals surface area contributed by atoms with Gasteiger partial charge in [0, 0.05) is 49.8 Å². The maximum absolute atomic E-state index is 6.18. The number of para-hydroxylation sites is 1. The summed E-state index contributed by atoms with van der Waals surface area (Å²) in [6.45, 7) is 6.36. The molecule has 0 radical (unpaired) electrons. The second kappa shape index (κ2) is 8.07. The predicted octanol–water partition coefficient (Wildman–Crippen LogP) is 3.82. The lowest BCUT2D eigenvalue weighted by atomic mass is 10.0. The maximum Gasteiger partial charge on any atom is 0.125 e. The molecule has 0 atom stereocenters. The Morgan fingerprint density at radius 1 is 1.24 bits per heavy atom. The molecule has 0 aliphatic carbocycles. The fraction of sp³-hybridized carbons (Fsp3) is 0.450. The van der Waals surface area contributed by atoms with E-state index in [0.29, 0.717) is 6.10 Å². The molecule has 1 saturated heterocycles. The first kappa shape index (κ1) is 18.0. The molecule has 3 heterocycles. The number of anilines is 1. The van der Waals surface area contributed by atoms with Crippen LogP contribution >= 0.6 is 12.4 Å². The summed E-state index contributed by atoms with van der Waals surface area (Å²) in [7, 11) is 0. The summed E-state index contributed by atoms with van der Waals surface area (Å²) < 4.78 is 6.18. The van der Waals surface area contributed by atoms with Gasteiger partial charge in [0.15, 0.2) is 0 Å². The zero-order valence-corrected chi connectivity index (χ0v) is 15.5. The molecule has 25 heavy (non-hydrogen) atoms. The lowest BCUT2D eigenvalue weighted by molar-refractivity contribution is 0.0963. The number of hydrogen-bond donors (Lipinski definition) is 1. The van der Waals surface area contributed by atoms with Crippen LogP contribution in [0, 0.1) is 6.92 Å². The number of aromatic nitrogens is 1. The smallest absolute Gasteiger partial charge is 0.125 e. The van der Waals surface area contributed by atoms with Crippen molar-refractivity contribution in [2.45, 2.75) is 38.8 Å². The van der Waals surface area contributed by atoms with Crippen molar-refractivity contribution >= 4 is 18.1 Å². The van der Waals surface area contributed by atoms with Crippen LogP contribution in [0.5, 0.6) is 5.75 Å². The van der Waals surface area contributed by atoms with Crippen molar-refractivity contribution in [1.29, 1.82) is 0 Å². The second-order valence-electron chi connectivity index (χ2n) is 6.86. The molecule has 1 N–H and O–H groups in total. The molecular formula is C20H26ClN3O. The van der Waals surface area contributed by atoms with Crippen molar-refractivity contribution < 1.29 is 4.74 Å². The molecular weight excluding hydrogens is 334 g/mol. The van der Waals surface area contributed by atoms with Gasteiger partial charge in [0.1, 0.15) is 11.9 Å². The van der Waals surface area contributed by atoms with Gasteiger partial charge in [-0.1, -0.05) is 18.2 Å². The van der Waals surface area contributed by atoms with Gasteiger partial charge < -0.3 is 10.1 Å². The van der Waals surface area contributed by atoms with E-state index in [0.717, 1.165) is 56.8 Å². The summed E-state index contributed by atoms with van der Waals surface area (Å²) in [4.78, 5) is 6.68. The third-order valence-corrected chi connectivity index (χ3v) is 5.12. The number of nitrogens with one attached hydrogen (secondary N) is 1. The van der Waals surface area contributed by atoms with Gasteiger partial charge in [-0.25, -0.2) is 0 Å². The average molecular weight is 360 g/mol. The van der Waals surface area contributed by atoms with Crippen molar-refractivity contribution in [3.8, 4) is 5.75 Å². The van der Waals surface area contributed by atoms with Crippen molar-refractivity contribution in [3.05, 3.63) is 53.3 Å². The number of likely N-dealkylation sites (tertiary alicyclic amines) is 1. The van der Waals surface area contributed by atoms with Crippen LogP contribution in [-0.4, -0.2) is 35.6 Å². The van der Waals surface area contributed by atoms with Crippen LogP contribution in [0.1, 0.15) is 29.5 Å². The van der Waals surface area contributed by atoms with Gasteiger partial charge in [-0.05, 0) is 43.4 Å². The van der Waals surface area contributed by atoms with Gasteiger partial charge in [-0.3, -0.25) is 9.88 Å². The topological polar surface area (TPSA) is 37.4 Å². The van der Waals surface area contributed by atoms with Crippen LogP contribution in [-0.2, 0) is 13.0 Å². The number of piperidine rings is 1. The molecule has 134 valence electrons. The molecule has 0 spiro atoms. The number of rotatable bonds is 4. The SMILES string of the molecule is Cc1cnccc1OC1CCN(Cc2cccc3c2NCC3)CC1.Cl. The monoisotopic (exact) mass is 359 g/mol. The number of ether oxygens (including phenoxy) is 1. The van der Waals surface area contributed by atoms with Crippen LogP contribution in [0.25, 0.3) is 0 Å². The van der Waals surface area contributed by atoms with Crippen LogP contribution < -0.4 is 10.1 Å². The molecule has 2 aliphatic heterocycles. The van der Waals surface area contributed by atoms with E-state index in [1.54, 1.807) is 6.20 Å². The molecule has 5 heteroatoms. The third-order valence-electron chi connectivity index (χ3n) is 5.12. The molecule has 1 fully saturated rings. The maximum atomic E-state index is 6.18. The van der Waals surface area contributed by atoms with E-state index < -0.39 is 0 Å². The lowest BCUT2D eigenvalue weighted by Gasteiger charge is -2.32. The summed E-state index contributed by atoms with van der Waals surface area (Å²) >= 11 is 0. The molecule has 4 rings (SSSR count). The number of aryl methyl sites for hydroxylation is 1. The minimum Gasteiger partial charge on any atom is -0.490 e. The summed E-state index contributed by atoms with van der Waals surface area (Å²) in [5, 5.41) is 3.55. The fourth-order valence-corrected chi connectivity index (χ4v) is 3.74. The Balaban J connectivity index is 0.00000182. The van der Waals surface area contributed by atoms with E-state index in [2.05, 4.69) is 40.3 Å². The zero-order valence-electron chi connectivity index (χ0n) is 14.7. The van der Waals surface area contributed by atoms with E-state index >= 15 is 0 Å². The molecule has 2 aromatic rings. The van der Waals surface area contributed by atoms with Gasteiger partial charge >= 0.3 is 0 Å². The lowest BCUT2D eigenvalue weighted by Crippen LogP contribution is -2.38. The number of hydrogen-bond acceptors (Lipinski definition) is 4. The molecule has 0 amide bonds. The molecule has 2 aliphatic rings. The van der Waals surface area contributed by atoms with Crippen LogP contribution in [0.4, 0.5) is 5.69 Å². The van der Waals surface area contributed by atoms with Crippen LogP contribution in [0.2, 0.25) is 0 Å². The Bertz CT molecular complexity index is 714. The number of nitrogens with zero attached hydrogens (tertiary/aromatic N) is 2. The van der Waals surface area contributed by atoms with Gasteiger partial charge in [0.25, 0.3) is 0 Å². The highest BCUT2D eigenvalue weighted by atomic mass is 35.5. The second-order valence-corrected chi connectivity index (χ2v) is 6.86. The highest BCUT2D eigenvalue weighted by molar-refractivity contribution is 5.85. The highest BCUT2D eigenvalue weighted by Crippen LogP contribution is 2.28. The Morgan fingerprint density at radius 3 is 2.88 bits per heavy atom. The predicted molar refractivity (Wildman–Crippen MR) is 104 cm³/mol. The molecule has 0 unspecified atom stereocenters. The Labute approximate surface area is 156 Å². The quantitative estimate of drug-likeness (QED) is 0.900. The molecule has 1 aromatic heterocycles. The first-order valence-corrected chi connectivity index (χ1v) is 8.94. The van der Waals surface area contributed by atoms with Crippen molar-refractivity contribution in [1.82, 2.24) is 9.88 Å². The van der Waals surface area contributed by atoms with Gasteiger partial charge in [-0.15, -0.1) is 12.4 Å². The first-order valence-electron chi connectivity index (χ1n) is 8.94. The van der Waals surface area contributed by atoms with Gasteiger partial charge in [0.2, 0.25) is 0 Å².